The summed E-state index contributed by atoms with van der Waals surface area (Å²) in [6.07, 6.45) is 0.652. The van der Waals surface area contributed by atoms with Crippen molar-refractivity contribution >= 4 is 23.0 Å². The third kappa shape index (κ3) is 4.66. The maximum absolute atomic E-state index is 12.8. The van der Waals surface area contributed by atoms with Crippen LogP contribution in [0.15, 0.2) is 63.8 Å². The highest BCUT2D eigenvalue weighted by Gasteiger charge is 2.38. The van der Waals surface area contributed by atoms with Crippen LogP contribution in [0.3, 0.4) is 0 Å². The molecule has 0 N–H and O–H groups in total. The Kier molecular flexibility index (Phi) is 5.74. The molecule has 2 aromatic carbocycles. The van der Waals surface area contributed by atoms with Gasteiger partial charge in [0.25, 0.3) is 0 Å². The molecule has 166 valence electrons. The first-order chi connectivity index (χ1) is 15.2. The number of benzene rings is 2. The minimum absolute atomic E-state index is 0.243. The second-order valence-electron chi connectivity index (χ2n) is 8.76. The van der Waals surface area contributed by atoms with Gasteiger partial charge in [-0.3, -0.25) is 4.90 Å². The minimum Gasteiger partial charge on any atom is -0.444 e. The fraction of sp³-hybridized carbons (Fsp3) is 0.320. The van der Waals surface area contributed by atoms with Crippen LogP contribution in [0.4, 0.5) is 4.79 Å². The number of carbonyl (C=O) groups excluding carboxylic acids is 2. The lowest BCUT2D eigenvalue weighted by molar-refractivity contribution is -0.139. The maximum atomic E-state index is 12.8. The van der Waals surface area contributed by atoms with E-state index in [1.807, 2.05) is 30.3 Å². The molecule has 1 amide bonds. The summed E-state index contributed by atoms with van der Waals surface area (Å²) in [5.41, 5.74) is 0.792. The lowest BCUT2D eigenvalue weighted by Crippen LogP contribution is -2.44. The highest BCUT2D eigenvalue weighted by atomic mass is 16.6. The monoisotopic (exact) mass is 435 g/mol. The number of amides is 1. The zero-order valence-corrected chi connectivity index (χ0v) is 18.3. The van der Waals surface area contributed by atoms with Gasteiger partial charge in [0.15, 0.2) is 0 Å². The highest BCUT2D eigenvalue weighted by Crippen LogP contribution is 2.30. The first kappa shape index (κ1) is 21.6. The zero-order chi connectivity index (χ0) is 22.9. The van der Waals surface area contributed by atoms with Gasteiger partial charge < -0.3 is 13.9 Å². The Morgan fingerprint density at radius 2 is 1.81 bits per heavy atom. The molecule has 1 aliphatic heterocycles. The van der Waals surface area contributed by atoms with Crippen LogP contribution in [0.1, 0.15) is 33.6 Å². The van der Waals surface area contributed by atoms with Crippen LogP contribution in [0.2, 0.25) is 0 Å². The van der Waals surface area contributed by atoms with Gasteiger partial charge in [0.1, 0.15) is 23.0 Å². The van der Waals surface area contributed by atoms with E-state index < -0.39 is 29.3 Å². The smallest absolute Gasteiger partial charge is 0.411 e. The Balaban J connectivity index is 1.57. The fourth-order valence-electron chi connectivity index (χ4n) is 3.80. The van der Waals surface area contributed by atoms with Crippen molar-refractivity contribution in [2.75, 3.05) is 6.54 Å². The topological polar surface area (TPSA) is 86.0 Å². The van der Waals surface area contributed by atoms with Crippen LogP contribution in [-0.4, -0.2) is 35.2 Å². The van der Waals surface area contributed by atoms with E-state index in [0.29, 0.717) is 25.0 Å². The molecule has 32 heavy (non-hydrogen) atoms. The van der Waals surface area contributed by atoms with Gasteiger partial charge in [0.05, 0.1) is 0 Å². The van der Waals surface area contributed by atoms with E-state index in [2.05, 4.69) is 0 Å². The van der Waals surface area contributed by atoms with E-state index in [-0.39, 0.29) is 5.75 Å². The number of carbonyl (C=O) groups is 2. The van der Waals surface area contributed by atoms with Gasteiger partial charge in [-0.05, 0) is 56.9 Å². The number of hydrogen-bond donors (Lipinski definition) is 0. The third-order valence-electron chi connectivity index (χ3n) is 5.17. The second kappa shape index (κ2) is 8.49. The largest absolute Gasteiger partial charge is 0.444 e. The van der Waals surface area contributed by atoms with Crippen molar-refractivity contribution in [1.82, 2.24) is 4.90 Å². The van der Waals surface area contributed by atoms with Gasteiger partial charge in [-0.15, -0.1) is 0 Å². The van der Waals surface area contributed by atoms with Crippen molar-refractivity contribution in [3.63, 3.8) is 0 Å². The average molecular weight is 435 g/mol. The van der Waals surface area contributed by atoms with Crippen LogP contribution < -0.4 is 10.4 Å². The Morgan fingerprint density at radius 1 is 1.06 bits per heavy atom. The van der Waals surface area contributed by atoms with E-state index >= 15 is 0 Å². The average Bonchev–Trinajstić information content (AvgIpc) is 3.23. The quantitative estimate of drug-likeness (QED) is 0.335. The third-order valence-corrected chi connectivity index (χ3v) is 5.17. The van der Waals surface area contributed by atoms with Crippen molar-refractivity contribution in [3.8, 4) is 16.9 Å². The molecule has 1 atom stereocenters. The van der Waals surface area contributed by atoms with E-state index in [4.69, 9.17) is 13.9 Å². The van der Waals surface area contributed by atoms with Crippen LogP contribution >= 0.6 is 0 Å². The van der Waals surface area contributed by atoms with Crippen molar-refractivity contribution < 1.29 is 23.5 Å². The summed E-state index contributed by atoms with van der Waals surface area (Å²) in [6.45, 7) is 5.77. The van der Waals surface area contributed by atoms with Gasteiger partial charge in [-0.25, -0.2) is 14.4 Å². The molecule has 0 saturated carbocycles. The lowest BCUT2D eigenvalue weighted by Gasteiger charge is -2.27. The van der Waals surface area contributed by atoms with Crippen molar-refractivity contribution in [1.29, 1.82) is 0 Å². The van der Waals surface area contributed by atoms with Crippen LogP contribution in [0, 0.1) is 0 Å². The minimum atomic E-state index is -0.719. The maximum Gasteiger partial charge on any atom is 0.411 e. The van der Waals surface area contributed by atoms with Crippen molar-refractivity contribution in [2.45, 2.75) is 45.3 Å². The molecular formula is C25H25NO6. The normalized spacial score (nSPS) is 16.2. The van der Waals surface area contributed by atoms with Gasteiger partial charge in [0, 0.05) is 24.1 Å². The number of nitrogens with zero attached hydrogens (tertiary/aromatic N) is 1. The summed E-state index contributed by atoms with van der Waals surface area (Å²) in [5, 5.41) is 0.729. The molecular weight excluding hydrogens is 410 g/mol. The first-order valence-electron chi connectivity index (χ1n) is 10.6. The molecule has 4 rings (SSSR count). The van der Waals surface area contributed by atoms with Crippen molar-refractivity contribution in [2.24, 2.45) is 0 Å². The predicted molar refractivity (Wildman–Crippen MR) is 120 cm³/mol. The number of fused-ring (bicyclic) bond motifs is 1. The lowest BCUT2D eigenvalue weighted by atomic mass is 10.0. The molecule has 3 aromatic rings. The Labute approximate surface area is 185 Å². The molecule has 1 aliphatic rings. The molecule has 1 saturated heterocycles. The van der Waals surface area contributed by atoms with E-state index in [0.717, 1.165) is 16.5 Å². The highest BCUT2D eigenvalue weighted by molar-refractivity contribution is 5.94. The molecule has 0 unspecified atom stereocenters. The molecule has 0 bridgehead atoms. The molecule has 0 radical (unpaired) electrons. The number of esters is 1. The van der Waals surface area contributed by atoms with Crippen molar-refractivity contribution in [3.05, 3.63) is 65.0 Å². The summed E-state index contributed by atoms with van der Waals surface area (Å²) in [7, 11) is 0. The van der Waals surface area contributed by atoms with Crippen LogP contribution in [-0.2, 0) is 9.53 Å². The summed E-state index contributed by atoms with van der Waals surface area (Å²) >= 11 is 0. The summed E-state index contributed by atoms with van der Waals surface area (Å²) < 4.78 is 16.3. The van der Waals surface area contributed by atoms with E-state index in [1.54, 1.807) is 32.9 Å². The number of rotatable bonds is 3. The summed E-state index contributed by atoms with van der Waals surface area (Å²) in [4.78, 5) is 38.8. The molecule has 1 aromatic heterocycles. The molecule has 0 spiro atoms. The molecule has 1 fully saturated rings. The first-order valence-corrected chi connectivity index (χ1v) is 10.6. The Bertz CT molecular complexity index is 1210. The summed E-state index contributed by atoms with van der Waals surface area (Å²) in [6, 6.07) is 15.2. The molecule has 7 heteroatoms. The Hall–Kier alpha value is -3.61. The van der Waals surface area contributed by atoms with Crippen LogP contribution in [0.25, 0.3) is 22.1 Å². The molecule has 7 nitrogen and oxygen atoms in total. The van der Waals surface area contributed by atoms with Crippen LogP contribution in [0.5, 0.6) is 5.75 Å². The SMILES string of the molecule is CC(C)(C)OC(=O)N1CCC[C@@H]1C(=O)Oc1ccc2c(-c3ccccc3)cc(=O)oc2c1. The summed E-state index contributed by atoms with van der Waals surface area (Å²) in [5.74, 6) is -0.304. The van der Waals surface area contributed by atoms with E-state index in [1.165, 1.54) is 17.0 Å². The van der Waals surface area contributed by atoms with E-state index in [9.17, 15) is 14.4 Å². The van der Waals surface area contributed by atoms with Gasteiger partial charge in [-0.1, -0.05) is 30.3 Å². The Morgan fingerprint density at radius 3 is 2.53 bits per heavy atom. The molecule has 0 aliphatic carbocycles. The zero-order valence-electron chi connectivity index (χ0n) is 18.3. The predicted octanol–water partition coefficient (Wildman–Crippen LogP) is 4.76. The fourth-order valence-corrected chi connectivity index (χ4v) is 3.80. The van der Waals surface area contributed by atoms with Gasteiger partial charge >= 0.3 is 17.7 Å². The standard InChI is InChI=1S/C25H25NO6/c1-25(2,3)32-24(29)26-13-7-10-20(26)23(28)30-17-11-12-18-19(16-8-5-4-6-9-16)15-22(27)31-21(18)14-17/h4-6,8-9,11-12,14-15,20H,7,10,13H2,1-3H3/t20-/m1/s1. The second-order valence-corrected chi connectivity index (χ2v) is 8.76. The number of ether oxygens (including phenoxy) is 2. The number of likely N-dealkylation sites (tertiary alicyclic amines) is 1. The van der Waals surface area contributed by atoms with Gasteiger partial charge in [-0.2, -0.15) is 0 Å². The number of hydrogen-bond acceptors (Lipinski definition) is 6. The molecule has 2 heterocycles. The van der Waals surface area contributed by atoms with Gasteiger partial charge in [0.2, 0.25) is 0 Å².